The van der Waals surface area contributed by atoms with Crippen molar-refractivity contribution in [2.45, 2.75) is 12.6 Å². The molecule has 1 amide bonds. The number of aliphatic hydroxyl groups excluding tert-OH is 1. The van der Waals surface area contributed by atoms with E-state index in [1.165, 1.54) is 12.1 Å². The molecule has 0 spiro atoms. The van der Waals surface area contributed by atoms with E-state index >= 15 is 0 Å². The maximum atomic E-state index is 13.3. The number of aliphatic hydroxyl groups is 1. The molecule has 1 aromatic carbocycles. The summed E-state index contributed by atoms with van der Waals surface area (Å²) in [5.41, 5.74) is 2.57. The van der Waals surface area contributed by atoms with E-state index in [-0.39, 0.29) is 17.8 Å². The van der Waals surface area contributed by atoms with Crippen molar-refractivity contribution < 1.29 is 14.3 Å². The quantitative estimate of drug-likeness (QED) is 0.522. The zero-order chi connectivity index (χ0) is 21.4. The zero-order valence-corrected chi connectivity index (χ0v) is 16.6. The van der Waals surface area contributed by atoms with Crippen molar-refractivity contribution in [3.63, 3.8) is 0 Å². The number of hydrogen-bond acceptors (Lipinski definition) is 5. The standard InChI is InChI=1S/C23H20FN5O2/c24-17-5-3-15(4-6-17)12-29-20(10-16-2-1-9-25-22(16)29)23(31)27-18-7-8-21(26-11-18)28-13-19(30)14-28/h1-11,19,30H,12-14H2,(H,27,31). The Balaban J connectivity index is 1.41. The van der Waals surface area contributed by atoms with Crippen LogP contribution in [0.2, 0.25) is 0 Å². The van der Waals surface area contributed by atoms with Gasteiger partial charge in [-0.1, -0.05) is 12.1 Å². The average molecular weight is 417 g/mol. The number of anilines is 2. The Kier molecular flexibility index (Phi) is 4.83. The lowest BCUT2D eigenvalue weighted by Gasteiger charge is -2.36. The number of amides is 1. The number of carbonyl (C=O) groups is 1. The number of pyridine rings is 2. The molecule has 31 heavy (non-hydrogen) atoms. The minimum Gasteiger partial charge on any atom is -0.389 e. The van der Waals surface area contributed by atoms with Crippen LogP contribution in [0.3, 0.4) is 0 Å². The van der Waals surface area contributed by atoms with Gasteiger partial charge in [-0.25, -0.2) is 14.4 Å². The molecule has 7 nitrogen and oxygen atoms in total. The van der Waals surface area contributed by atoms with E-state index in [4.69, 9.17) is 0 Å². The summed E-state index contributed by atoms with van der Waals surface area (Å²) in [6.07, 6.45) is 2.97. The number of hydrogen-bond donors (Lipinski definition) is 2. The number of nitrogens with one attached hydrogen (secondary N) is 1. The van der Waals surface area contributed by atoms with Crippen molar-refractivity contribution in [2.75, 3.05) is 23.3 Å². The van der Waals surface area contributed by atoms with Crippen LogP contribution in [0.4, 0.5) is 15.9 Å². The molecule has 4 aromatic rings. The monoisotopic (exact) mass is 417 g/mol. The summed E-state index contributed by atoms with van der Waals surface area (Å²) in [5.74, 6) is 0.174. The molecule has 0 radical (unpaired) electrons. The van der Waals surface area contributed by atoms with Crippen LogP contribution in [0.1, 0.15) is 16.1 Å². The number of aromatic nitrogens is 3. The van der Waals surface area contributed by atoms with Crippen molar-refractivity contribution in [2.24, 2.45) is 0 Å². The molecule has 0 unspecified atom stereocenters. The van der Waals surface area contributed by atoms with Gasteiger partial charge in [-0.15, -0.1) is 0 Å². The molecular weight excluding hydrogens is 397 g/mol. The van der Waals surface area contributed by atoms with Crippen LogP contribution in [0.25, 0.3) is 11.0 Å². The van der Waals surface area contributed by atoms with E-state index in [0.29, 0.717) is 36.7 Å². The SMILES string of the molecule is O=C(Nc1ccc(N2CC(O)C2)nc1)c1cc2cccnc2n1Cc1ccc(F)cc1. The zero-order valence-electron chi connectivity index (χ0n) is 16.6. The molecule has 1 fully saturated rings. The topological polar surface area (TPSA) is 83.3 Å². The van der Waals surface area contributed by atoms with Crippen LogP contribution in [0.5, 0.6) is 0 Å². The predicted octanol–water partition coefficient (Wildman–Crippen LogP) is 3.05. The number of carbonyl (C=O) groups excluding carboxylic acids is 1. The van der Waals surface area contributed by atoms with Crippen LogP contribution < -0.4 is 10.2 Å². The molecule has 156 valence electrons. The van der Waals surface area contributed by atoms with E-state index < -0.39 is 0 Å². The molecule has 1 aliphatic heterocycles. The molecule has 2 N–H and O–H groups in total. The molecule has 0 atom stereocenters. The van der Waals surface area contributed by atoms with E-state index in [1.54, 1.807) is 36.7 Å². The lowest BCUT2D eigenvalue weighted by Crippen LogP contribution is -2.51. The molecule has 0 aliphatic carbocycles. The second kappa shape index (κ2) is 7.81. The Labute approximate surface area is 177 Å². The van der Waals surface area contributed by atoms with Gasteiger partial charge in [0, 0.05) is 31.2 Å². The molecule has 0 saturated carbocycles. The molecule has 5 rings (SSSR count). The number of rotatable bonds is 5. The van der Waals surface area contributed by atoms with Crippen LogP contribution in [-0.4, -0.2) is 44.7 Å². The van der Waals surface area contributed by atoms with E-state index in [0.717, 1.165) is 16.8 Å². The summed E-state index contributed by atoms with van der Waals surface area (Å²) < 4.78 is 15.1. The Morgan fingerprint density at radius 3 is 2.65 bits per heavy atom. The van der Waals surface area contributed by atoms with E-state index in [2.05, 4.69) is 15.3 Å². The second-order valence-electron chi connectivity index (χ2n) is 7.58. The van der Waals surface area contributed by atoms with Gasteiger partial charge in [-0.2, -0.15) is 0 Å². The van der Waals surface area contributed by atoms with E-state index in [1.807, 2.05) is 27.7 Å². The number of nitrogens with zero attached hydrogens (tertiary/aromatic N) is 4. The Morgan fingerprint density at radius 1 is 1.13 bits per heavy atom. The predicted molar refractivity (Wildman–Crippen MR) is 116 cm³/mol. The first-order valence-electron chi connectivity index (χ1n) is 9.96. The fourth-order valence-corrected chi connectivity index (χ4v) is 3.69. The maximum Gasteiger partial charge on any atom is 0.272 e. The van der Waals surface area contributed by atoms with Gasteiger partial charge in [0.1, 0.15) is 23.0 Å². The molecule has 1 saturated heterocycles. The summed E-state index contributed by atoms with van der Waals surface area (Å²) >= 11 is 0. The van der Waals surface area contributed by atoms with Gasteiger partial charge in [0.05, 0.1) is 18.0 Å². The first kappa shape index (κ1) is 19.2. The molecule has 4 heterocycles. The number of fused-ring (bicyclic) bond motifs is 1. The highest BCUT2D eigenvalue weighted by Gasteiger charge is 2.25. The Hall–Kier alpha value is -3.78. The molecule has 8 heteroatoms. The Morgan fingerprint density at radius 2 is 1.94 bits per heavy atom. The fraction of sp³-hybridized carbons (Fsp3) is 0.174. The smallest absolute Gasteiger partial charge is 0.272 e. The van der Waals surface area contributed by atoms with Crippen LogP contribution >= 0.6 is 0 Å². The van der Waals surface area contributed by atoms with Crippen LogP contribution in [0, 0.1) is 5.82 Å². The average Bonchev–Trinajstić information content (AvgIpc) is 3.12. The third kappa shape index (κ3) is 3.85. The lowest BCUT2D eigenvalue weighted by molar-refractivity contribution is 0.101. The van der Waals surface area contributed by atoms with Gasteiger partial charge in [-0.3, -0.25) is 4.79 Å². The van der Waals surface area contributed by atoms with Gasteiger partial charge >= 0.3 is 0 Å². The molecular formula is C23H20FN5O2. The highest BCUT2D eigenvalue weighted by atomic mass is 19.1. The first-order valence-corrected chi connectivity index (χ1v) is 9.96. The second-order valence-corrected chi connectivity index (χ2v) is 7.58. The van der Waals surface area contributed by atoms with Crippen molar-refractivity contribution >= 4 is 28.4 Å². The van der Waals surface area contributed by atoms with Crippen molar-refractivity contribution in [3.05, 3.63) is 84.1 Å². The summed E-state index contributed by atoms with van der Waals surface area (Å²) in [6.45, 7) is 1.52. The minimum absolute atomic E-state index is 0.283. The van der Waals surface area contributed by atoms with Crippen molar-refractivity contribution in [3.8, 4) is 0 Å². The van der Waals surface area contributed by atoms with Crippen LogP contribution in [-0.2, 0) is 6.54 Å². The normalized spacial score (nSPS) is 13.9. The van der Waals surface area contributed by atoms with Gasteiger partial charge in [0.25, 0.3) is 5.91 Å². The van der Waals surface area contributed by atoms with Gasteiger partial charge in [0.2, 0.25) is 0 Å². The largest absolute Gasteiger partial charge is 0.389 e. The molecule has 1 aliphatic rings. The minimum atomic E-state index is -0.308. The summed E-state index contributed by atoms with van der Waals surface area (Å²) in [6, 6.07) is 15.3. The molecule has 3 aromatic heterocycles. The highest BCUT2D eigenvalue weighted by molar-refractivity contribution is 6.06. The number of halogens is 1. The van der Waals surface area contributed by atoms with Gasteiger partial charge in [0.15, 0.2) is 0 Å². The summed E-state index contributed by atoms with van der Waals surface area (Å²) in [4.78, 5) is 23.8. The van der Waals surface area contributed by atoms with Crippen molar-refractivity contribution in [1.82, 2.24) is 14.5 Å². The first-order chi connectivity index (χ1) is 15.1. The maximum absolute atomic E-state index is 13.3. The van der Waals surface area contributed by atoms with Gasteiger partial charge in [-0.05, 0) is 48.0 Å². The fourth-order valence-electron chi connectivity index (χ4n) is 3.69. The number of β-amino-alcohol motifs (C(OH)–C–C–N with tert-alkyl or cyclic N) is 1. The van der Waals surface area contributed by atoms with Crippen molar-refractivity contribution in [1.29, 1.82) is 0 Å². The van der Waals surface area contributed by atoms with E-state index in [9.17, 15) is 14.3 Å². The van der Waals surface area contributed by atoms with Crippen LogP contribution in [0.15, 0.2) is 67.0 Å². The third-order valence-electron chi connectivity index (χ3n) is 5.33. The summed E-state index contributed by atoms with van der Waals surface area (Å²) in [7, 11) is 0. The third-order valence-corrected chi connectivity index (χ3v) is 5.33. The summed E-state index contributed by atoms with van der Waals surface area (Å²) in [5, 5.41) is 13.2. The molecule has 0 bridgehead atoms. The number of benzene rings is 1. The lowest BCUT2D eigenvalue weighted by atomic mass is 10.2. The highest BCUT2D eigenvalue weighted by Crippen LogP contribution is 2.23. The van der Waals surface area contributed by atoms with Gasteiger partial charge < -0.3 is 19.9 Å². The Bertz CT molecular complexity index is 1230.